The molecule has 0 bridgehead atoms. The van der Waals surface area contributed by atoms with E-state index in [-0.39, 0.29) is 5.92 Å². The Morgan fingerprint density at radius 2 is 2.03 bits per heavy atom. The summed E-state index contributed by atoms with van der Waals surface area (Å²) in [7, 11) is 2.01. The minimum Gasteiger partial charge on any atom is -0.480 e. The fourth-order valence-corrected chi connectivity index (χ4v) is 4.04. The third kappa shape index (κ3) is 5.00. The number of carbonyl (C=O) groups is 2. The van der Waals surface area contributed by atoms with Crippen molar-refractivity contribution in [2.45, 2.75) is 18.5 Å². The van der Waals surface area contributed by atoms with Crippen LogP contribution in [0.5, 0.6) is 0 Å². The first-order chi connectivity index (χ1) is 13.8. The average Bonchev–Trinajstić information content (AvgIpc) is 2.66. The number of halogens is 2. The monoisotopic (exact) mass is 437 g/mol. The SMILES string of the molecule is CN1Cc2c(Cl)cc(Cl)cc2C(c2cccc(NC(=O)NC(CO)C(=O)O)c2)C1. The molecule has 2 unspecified atom stereocenters. The zero-order valence-electron chi connectivity index (χ0n) is 15.7. The number of carbonyl (C=O) groups excluding carboxylic acids is 1. The molecule has 2 aromatic carbocycles. The summed E-state index contributed by atoms with van der Waals surface area (Å²) >= 11 is 12.6. The number of fused-ring (bicyclic) bond motifs is 1. The van der Waals surface area contributed by atoms with Crippen LogP contribution in [0.2, 0.25) is 10.0 Å². The largest absolute Gasteiger partial charge is 0.480 e. The van der Waals surface area contributed by atoms with Gasteiger partial charge in [0.15, 0.2) is 6.04 Å². The molecule has 1 aliphatic heterocycles. The van der Waals surface area contributed by atoms with Gasteiger partial charge < -0.3 is 25.7 Å². The summed E-state index contributed by atoms with van der Waals surface area (Å²) in [5.41, 5.74) is 3.54. The van der Waals surface area contributed by atoms with E-state index < -0.39 is 24.6 Å². The summed E-state index contributed by atoms with van der Waals surface area (Å²) in [4.78, 5) is 25.2. The Kier molecular flexibility index (Phi) is 6.64. The van der Waals surface area contributed by atoms with E-state index in [0.29, 0.717) is 15.7 Å². The molecule has 0 saturated carbocycles. The van der Waals surface area contributed by atoms with Crippen LogP contribution in [-0.2, 0) is 11.3 Å². The van der Waals surface area contributed by atoms with Crippen LogP contribution in [0.25, 0.3) is 0 Å². The van der Waals surface area contributed by atoms with Crippen molar-refractivity contribution in [3.05, 3.63) is 63.1 Å². The molecule has 3 rings (SSSR count). The predicted molar refractivity (Wildman–Crippen MR) is 112 cm³/mol. The minimum absolute atomic E-state index is 0.00831. The first-order valence-corrected chi connectivity index (χ1v) is 9.71. The van der Waals surface area contributed by atoms with Crippen molar-refractivity contribution in [3.8, 4) is 0 Å². The Morgan fingerprint density at radius 3 is 2.72 bits per heavy atom. The van der Waals surface area contributed by atoms with E-state index >= 15 is 0 Å². The molecule has 0 saturated heterocycles. The molecule has 0 aromatic heterocycles. The van der Waals surface area contributed by atoms with Crippen molar-refractivity contribution in [3.63, 3.8) is 0 Å². The molecule has 154 valence electrons. The second-order valence-corrected chi connectivity index (χ2v) is 7.85. The lowest BCUT2D eigenvalue weighted by Gasteiger charge is -2.33. The predicted octanol–water partition coefficient (Wildman–Crippen LogP) is 3.14. The first-order valence-electron chi connectivity index (χ1n) is 8.96. The number of anilines is 1. The highest BCUT2D eigenvalue weighted by Crippen LogP contribution is 2.38. The molecule has 1 heterocycles. The van der Waals surface area contributed by atoms with Crippen LogP contribution >= 0.6 is 23.2 Å². The van der Waals surface area contributed by atoms with E-state index in [4.69, 9.17) is 33.4 Å². The average molecular weight is 438 g/mol. The summed E-state index contributed by atoms with van der Waals surface area (Å²) in [6, 6.07) is 8.88. The number of benzene rings is 2. The molecular formula is C20H21Cl2N3O4. The Bertz CT molecular complexity index is 938. The highest BCUT2D eigenvalue weighted by Gasteiger charge is 2.27. The molecule has 1 aliphatic rings. The molecule has 0 radical (unpaired) electrons. The topological polar surface area (TPSA) is 102 Å². The Hall–Kier alpha value is -2.32. The van der Waals surface area contributed by atoms with Gasteiger partial charge in [0.05, 0.1) is 6.61 Å². The number of carboxylic acid groups (broad SMARTS) is 1. The van der Waals surface area contributed by atoms with Crippen molar-refractivity contribution in [2.24, 2.45) is 0 Å². The van der Waals surface area contributed by atoms with Crippen LogP contribution < -0.4 is 10.6 Å². The van der Waals surface area contributed by atoms with Gasteiger partial charge in [0.1, 0.15) is 0 Å². The van der Waals surface area contributed by atoms with Gasteiger partial charge in [-0.15, -0.1) is 0 Å². The molecule has 2 aromatic rings. The highest BCUT2D eigenvalue weighted by molar-refractivity contribution is 6.35. The molecule has 0 aliphatic carbocycles. The number of hydrogen-bond acceptors (Lipinski definition) is 4. The van der Waals surface area contributed by atoms with E-state index in [1.807, 2.05) is 31.3 Å². The van der Waals surface area contributed by atoms with Crippen LogP contribution in [0.4, 0.5) is 10.5 Å². The van der Waals surface area contributed by atoms with Crippen LogP contribution in [0.15, 0.2) is 36.4 Å². The number of aliphatic hydroxyl groups is 1. The van der Waals surface area contributed by atoms with Gasteiger partial charge >= 0.3 is 12.0 Å². The number of likely N-dealkylation sites (N-methyl/N-ethyl adjacent to an activating group) is 1. The van der Waals surface area contributed by atoms with Gasteiger partial charge in [0, 0.05) is 34.7 Å². The van der Waals surface area contributed by atoms with Gasteiger partial charge in [-0.2, -0.15) is 0 Å². The van der Waals surface area contributed by atoms with Crippen molar-refractivity contribution in [1.29, 1.82) is 0 Å². The third-order valence-corrected chi connectivity index (χ3v) is 5.38. The Balaban J connectivity index is 1.85. The number of urea groups is 1. The van der Waals surface area contributed by atoms with Crippen molar-refractivity contribution in [2.75, 3.05) is 25.5 Å². The number of rotatable bonds is 5. The highest BCUT2D eigenvalue weighted by atomic mass is 35.5. The molecule has 0 spiro atoms. The number of carboxylic acids is 1. The number of amides is 2. The maximum absolute atomic E-state index is 12.1. The zero-order valence-corrected chi connectivity index (χ0v) is 17.2. The first kappa shape index (κ1) is 21.4. The van der Waals surface area contributed by atoms with Gasteiger partial charge in [-0.25, -0.2) is 9.59 Å². The normalized spacial score (nSPS) is 17.3. The maximum atomic E-state index is 12.1. The molecule has 0 fully saturated rings. The molecule has 9 heteroatoms. The fourth-order valence-electron chi connectivity index (χ4n) is 3.47. The van der Waals surface area contributed by atoms with Crippen LogP contribution in [0.3, 0.4) is 0 Å². The summed E-state index contributed by atoms with van der Waals surface area (Å²) in [6.45, 7) is 0.778. The molecule has 4 N–H and O–H groups in total. The summed E-state index contributed by atoms with van der Waals surface area (Å²) in [5, 5.41) is 24.0. The van der Waals surface area contributed by atoms with E-state index in [1.54, 1.807) is 12.1 Å². The zero-order chi connectivity index (χ0) is 21.1. The minimum atomic E-state index is -1.37. The van der Waals surface area contributed by atoms with Crippen molar-refractivity contribution in [1.82, 2.24) is 10.2 Å². The molecule has 2 atom stereocenters. The number of aliphatic hydroxyl groups excluding tert-OH is 1. The molecule has 29 heavy (non-hydrogen) atoms. The third-order valence-electron chi connectivity index (χ3n) is 4.83. The molecule has 2 amide bonds. The summed E-state index contributed by atoms with van der Waals surface area (Å²) in [6.07, 6.45) is 0. The van der Waals surface area contributed by atoms with E-state index in [0.717, 1.165) is 29.8 Å². The second kappa shape index (κ2) is 9.00. The van der Waals surface area contributed by atoms with E-state index in [2.05, 4.69) is 15.5 Å². The van der Waals surface area contributed by atoms with Gasteiger partial charge in [-0.3, -0.25) is 0 Å². The lowest BCUT2D eigenvalue weighted by atomic mass is 9.84. The molecular weight excluding hydrogens is 417 g/mol. The summed E-state index contributed by atoms with van der Waals surface area (Å²) in [5.74, 6) is -1.30. The number of hydrogen-bond donors (Lipinski definition) is 4. The van der Waals surface area contributed by atoms with Gasteiger partial charge in [0.2, 0.25) is 0 Å². The van der Waals surface area contributed by atoms with Crippen LogP contribution in [-0.4, -0.2) is 53.4 Å². The van der Waals surface area contributed by atoms with Gasteiger partial charge in [-0.1, -0.05) is 35.3 Å². The lowest BCUT2D eigenvalue weighted by molar-refractivity contribution is -0.140. The number of aliphatic carboxylic acids is 1. The van der Waals surface area contributed by atoms with Crippen LogP contribution in [0.1, 0.15) is 22.6 Å². The quantitative estimate of drug-likeness (QED) is 0.575. The van der Waals surface area contributed by atoms with E-state index in [1.165, 1.54) is 0 Å². The lowest BCUT2D eigenvalue weighted by Crippen LogP contribution is -2.45. The van der Waals surface area contributed by atoms with Crippen LogP contribution in [0, 0.1) is 0 Å². The second-order valence-electron chi connectivity index (χ2n) is 7.00. The maximum Gasteiger partial charge on any atom is 0.328 e. The number of nitrogens with one attached hydrogen (secondary N) is 2. The smallest absolute Gasteiger partial charge is 0.328 e. The fraction of sp³-hybridized carbons (Fsp3) is 0.300. The number of nitrogens with zero attached hydrogens (tertiary/aromatic N) is 1. The van der Waals surface area contributed by atoms with E-state index in [9.17, 15) is 9.59 Å². The Morgan fingerprint density at radius 1 is 1.28 bits per heavy atom. The van der Waals surface area contributed by atoms with Gasteiger partial charge in [-0.05, 0) is 48.0 Å². The summed E-state index contributed by atoms with van der Waals surface area (Å²) < 4.78 is 0. The van der Waals surface area contributed by atoms with Crippen molar-refractivity contribution < 1.29 is 19.8 Å². The van der Waals surface area contributed by atoms with Crippen molar-refractivity contribution >= 4 is 40.9 Å². The molecule has 7 nitrogen and oxygen atoms in total. The Labute approximate surface area is 178 Å². The standard InChI is InChI=1S/C20H21Cl2N3O4/c1-25-8-15(14-6-12(21)7-17(22)16(14)9-25)11-3-2-4-13(5-11)23-20(29)24-18(10-26)19(27)28/h2-7,15,18,26H,8-10H2,1H3,(H,27,28)(H2,23,24,29). The van der Waals surface area contributed by atoms with Gasteiger partial charge in [0.25, 0.3) is 0 Å².